The highest BCUT2D eigenvalue weighted by Gasteiger charge is 2.58. The molecule has 0 bridgehead atoms. The van der Waals surface area contributed by atoms with Gasteiger partial charge in [-0.25, -0.2) is 0 Å². The topological polar surface area (TPSA) is 37.1 Å². The quantitative estimate of drug-likeness (QED) is 0.370. The number of thioether (sulfide) groups is 1. The van der Waals surface area contributed by atoms with Gasteiger partial charge in [0, 0.05) is 17.0 Å². The standard InChI is InChI=1S/C14H14ClNO2S/c15-11-7-3-1-5-9(11)13-16-12-8-4-2-6-10(12)14(19-13)17-18-14/h1-4,6,8-9,11,13,16H,5,7H2. The molecule has 1 aromatic rings. The summed E-state index contributed by atoms with van der Waals surface area (Å²) >= 11 is 8.15. The van der Waals surface area contributed by atoms with E-state index in [1.165, 1.54) is 0 Å². The van der Waals surface area contributed by atoms with Crippen LogP contribution in [0.2, 0.25) is 0 Å². The van der Waals surface area contributed by atoms with E-state index in [9.17, 15) is 0 Å². The van der Waals surface area contributed by atoms with E-state index in [1.807, 2.05) is 18.2 Å². The van der Waals surface area contributed by atoms with Gasteiger partial charge >= 0.3 is 5.12 Å². The second kappa shape index (κ2) is 4.42. The highest BCUT2D eigenvalue weighted by atomic mass is 35.5. The predicted octanol–water partition coefficient (Wildman–Crippen LogP) is 3.82. The molecule has 1 aliphatic carbocycles. The number of para-hydroxylation sites is 1. The summed E-state index contributed by atoms with van der Waals surface area (Å²) in [6, 6.07) is 8.13. The molecule has 0 saturated carbocycles. The van der Waals surface area contributed by atoms with Gasteiger partial charge in [-0.05, 0) is 18.9 Å². The number of benzene rings is 1. The van der Waals surface area contributed by atoms with Gasteiger partial charge in [-0.2, -0.15) is 9.78 Å². The Hall–Kier alpha value is -0.680. The summed E-state index contributed by atoms with van der Waals surface area (Å²) in [5, 5.41) is 3.35. The van der Waals surface area contributed by atoms with Crippen molar-refractivity contribution in [1.29, 1.82) is 0 Å². The molecular formula is C14H14ClNO2S. The molecule has 0 aromatic heterocycles. The fourth-order valence-corrected chi connectivity index (χ4v) is 4.62. The second-order valence-electron chi connectivity index (χ2n) is 5.07. The van der Waals surface area contributed by atoms with Gasteiger partial charge in [-0.1, -0.05) is 42.1 Å². The van der Waals surface area contributed by atoms with Gasteiger partial charge in [-0.15, -0.1) is 11.6 Å². The minimum atomic E-state index is -0.607. The molecule has 1 spiro atoms. The number of hydrogen-bond donors (Lipinski definition) is 1. The molecule has 3 unspecified atom stereocenters. The normalized spacial score (nSPS) is 34.7. The summed E-state index contributed by atoms with van der Waals surface area (Å²) in [6.45, 7) is 0. The number of fused-ring (bicyclic) bond motifs is 2. The van der Waals surface area contributed by atoms with Crippen LogP contribution in [0.4, 0.5) is 5.69 Å². The Kier molecular flexibility index (Phi) is 2.81. The average Bonchev–Trinajstić information content (AvgIpc) is 3.19. The number of allylic oxidation sites excluding steroid dienone is 2. The van der Waals surface area contributed by atoms with Gasteiger partial charge in [0.05, 0.1) is 10.9 Å². The summed E-state index contributed by atoms with van der Waals surface area (Å²) in [5.74, 6) is 0.384. The zero-order valence-corrected chi connectivity index (χ0v) is 11.8. The molecule has 3 aliphatic rings. The van der Waals surface area contributed by atoms with E-state index in [0.717, 1.165) is 24.1 Å². The molecule has 0 radical (unpaired) electrons. The fraction of sp³-hybridized carbons (Fsp3) is 0.429. The molecule has 19 heavy (non-hydrogen) atoms. The number of rotatable bonds is 1. The van der Waals surface area contributed by atoms with E-state index >= 15 is 0 Å². The van der Waals surface area contributed by atoms with Crippen molar-refractivity contribution in [1.82, 2.24) is 0 Å². The summed E-state index contributed by atoms with van der Waals surface area (Å²) in [7, 11) is 0. The third-order valence-electron chi connectivity index (χ3n) is 3.86. The average molecular weight is 296 g/mol. The number of nitrogens with one attached hydrogen (secondary N) is 1. The highest BCUT2D eigenvalue weighted by Crippen LogP contribution is 2.59. The molecule has 1 fully saturated rings. The van der Waals surface area contributed by atoms with E-state index in [0.29, 0.717) is 5.92 Å². The third kappa shape index (κ3) is 1.98. The molecule has 4 rings (SSSR count). The van der Waals surface area contributed by atoms with Crippen LogP contribution in [0, 0.1) is 5.92 Å². The van der Waals surface area contributed by atoms with Gasteiger partial charge in [0.1, 0.15) is 0 Å². The van der Waals surface area contributed by atoms with Crippen molar-refractivity contribution in [2.24, 2.45) is 5.92 Å². The summed E-state index contributed by atoms with van der Waals surface area (Å²) in [6.07, 6.45) is 6.31. The smallest absolute Gasteiger partial charge is 0.309 e. The lowest BCUT2D eigenvalue weighted by atomic mass is 9.93. The Balaban J connectivity index is 1.66. The van der Waals surface area contributed by atoms with Crippen molar-refractivity contribution < 1.29 is 9.78 Å². The van der Waals surface area contributed by atoms with Gasteiger partial charge < -0.3 is 5.32 Å². The maximum absolute atomic E-state index is 6.47. The van der Waals surface area contributed by atoms with Crippen LogP contribution in [0.15, 0.2) is 36.4 Å². The molecule has 2 heterocycles. The number of anilines is 1. The van der Waals surface area contributed by atoms with E-state index in [1.54, 1.807) is 11.8 Å². The number of halogens is 1. The molecule has 5 heteroatoms. The second-order valence-corrected chi connectivity index (χ2v) is 6.92. The maximum atomic E-state index is 6.47. The number of alkyl halides is 1. The first kappa shape index (κ1) is 12.1. The first-order chi connectivity index (χ1) is 9.28. The van der Waals surface area contributed by atoms with Crippen LogP contribution in [0.3, 0.4) is 0 Å². The lowest BCUT2D eigenvalue weighted by Gasteiger charge is -2.36. The number of hydrogen-bond acceptors (Lipinski definition) is 4. The van der Waals surface area contributed by atoms with Crippen LogP contribution in [0.1, 0.15) is 18.4 Å². The Labute approximate surface area is 121 Å². The Morgan fingerprint density at radius 2 is 2.00 bits per heavy atom. The summed E-state index contributed by atoms with van der Waals surface area (Å²) in [4.78, 5) is 10.6. The summed E-state index contributed by atoms with van der Waals surface area (Å²) in [5.41, 5.74) is 2.15. The van der Waals surface area contributed by atoms with Crippen molar-refractivity contribution >= 4 is 29.1 Å². The van der Waals surface area contributed by atoms with Crippen LogP contribution < -0.4 is 5.32 Å². The first-order valence-corrected chi connectivity index (χ1v) is 7.80. The molecule has 1 aromatic carbocycles. The summed E-state index contributed by atoms with van der Waals surface area (Å²) < 4.78 is 0. The first-order valence-electron chi connectivity index (χ1n) is 6.48. The van der Waals surface area contributed by atoms with Gasteiger partial charge in [-0.3, -0.25) is 0 Å². The monoisotopic (exact) mass is 295 g/mol. The van der Waals surface area contributed by atoms with Crippen LogP contribution >= 0.6 is 23.4 Å². The van der Waals surface area contributed by atoms with Crippen molar-refractivity contribution in [3.05, 3.63) is 42.0 Å². The van der Waals surface area contributed by atoms with E-state index in [-0.39, 0.29) is 10.8 Å². The largest absolute Gasteiger partial charge is 0.372 e. The van der Waals surface area contributed by atoms with E-state index in [2.05, 4.69) is 23.5 Å². The van der Waals surface area contributed by atoms with Crippen molar-refractivity contribution in [2.45, 2.75) is 28.7 Å². The highest BCUT2D eigenvalue weighted by molar-refractivity contribution is 8.00. The predicted molar refractivity (Wildman–Crippen MR) is 76.8 cm³/mol. The third-order valence-corrected chi connectivity index (χ3v) is 5.75. The van der Waals surface area contributed by atoms with Crippen molar-refractivity contribution in [3.8, 4) is 0 Å². The lowest BCUT2D eigenvalue weighted by molar-refractivity contribution is 0.0850. The Morgan fingerprint density at radius 1 is 1.21 bits per heavy atom. The molecule has 100 valence electrons. The molecule has 1 saturated heterocycles. The van der Waals surface area contributed by atoms with Gasteiger partial charge in [0.2, 0.25) is 0 Å². The molecule has 1 N–H and O–H groups in total. The maximum Gasteiger partial charge on any atom is 0.309 e. The Bertz CT molecular complexity index is 532. The van der Waals surface area contributed by atoms with Crippen molar-refractivity contribution in [3.63, 3.8) is 0 Å². The molecule has 3 atom stereocenters. The van der Waals surface area contributed by atoms with Crippen LogP contribution in [-0.2, 0) is 14.9 Å². The minimum Gasteiger partial charge on any atom is -0.372 e. The lowest BCUT2D eigenvalue weighted by Crippen LogP contribution is -2.38. The molecule has 0 amide bonds. The van der Waals surface area contributed by atoms with E-state index in [4.69, 9.17) is 21.4 Å². The Morgan fingerprint density at radius 3 is 2.79 bits per heavy atom. The van der Waals surface area contributed by atoms with Crippen molar-refractivity contribution in [2.75, 3.05) is 5.32 Å². The van der Waals surface area contributed by atoms with Crippen LogP contribution in [-0.4, -0.2) is 10.8 Å². The molecule has 2 aliphatic heterocycles. The van der Waals surface area contributed by atoms with Gasteiger partial charge in [0.15, 0.2) is 0 Å². The molecular weight excluding hydrogens is 282 g/mol. The van der Waals surface area contributed by atoms with Crippen LogP contribution in [0.25, 0.3) is 0 Å². The zero-order chi connectivity index (χ0) is 12.9. The zero-order valence-electron chi connectivity index (χ0n) is 10.2. The molecule has 3 nitrogen and oxygen atoms in total. The van der Waals surface area contributed by atoms with Crippen LogP contribution in [0.5, 0.6) is 0 Å². The SMILES string of the molecule is ClC1CC=CCC1C1Nc2ccccc2C2(OO2)S1. The fourth-order valence-electron chi connectivity index (χ4n) is 2.77. The van der Waals surface area contributed by atoms with Gasteiger partial charge in [0.25, 0.3) is 0 Å². The van der Waals surface area contributed by atoms with E-state index < -0.39 is 5.12 Å². The minimum absolute atomic E-state index is 0.163.